The summed E-state index contributed by atoms with van der Waals surface area (Å²) < 4.78 is 0. The fourth-order valence-electron chi connectivity index (χ4n) is 4.70. The van der Waals surface area contributed by atoms with Crippen molar-refractivity contribution >= 4 is 35.4 Å². The number of nitrogens with one attached hydrogen (secondary N) is 5. The molecule has 6 amide bonds. The Bertz CT molecular complexity index is 1080. The van der Waals surface area contributed by atoms with Crippen LogP contribution in [0, 0.1) is 5.92 Å². The van der Waals surface area contributed by atoms with Crippen LogP contribution >= 0.6 is 0 Å². The Morgan fingerprint density at radius 3 is 2.18 bits per heavy atom. The van der Waals surface area contributed by atoms with Gasteiger partial charge in [0.15, 0.2) is 0 Å². The second-order valence-electron chi connectivity index (χ2n) is 10.4. The van der Waals surface area contributed by atoms with Crippen LogP contribution < -0.4 is 26.6 Å². The van der Waals surface area contributed by atoms with Gasteiger partial charge in [-0.3, -0.25) is 28.8 Å². The highest BCUT2D eigenvalue weighted by molar-refractivity contribution is 5.97. The Kier molecular flexibility index (Phi) is 10.4. The largest absolute Gasteiger partial charge is 0.345 e. The predicted molar refractivity (Wildman–Crippen MR) is 142 cm³/mol. The fraction of sp³-hybridized carbons (Fsp3) is 0.556. The summed E-state index contributed by atoms with van der Waals surface area (Å²) in [4.78, 5) is 78.9. The van der Waals surface area contributed by atoms with Crippen molar-refractivity contribution in [3.63, 3.8) is 0 Å². The lowest BCUT2D eigenvalue weighted by Crippen LogP contribution is -2.58. The highest BCUT2D eigenvalue weighted by Crippen LogP contribution is 2.18. The monoisotopic (exact) mass is 542 g/mol. The van der Waals surface area contributed by atoms with Gasteiger partial charge in [-0.2, -0.15) is 0 Å². The average Bonchev–Trinajstić information content (AvgIpc) is 3.39. The van der Waals surface area contributed by atoms with Gasteiger partial charge in [0.05, 0.1) is 13.1 Å². The van der Waals surface area contributed by atoms with Gasteiger partial charge in [-0.05, 0) is 37.7 Å². The summed E-state index contributed by atoms with van der Waals surface area (Å²) >= 11 is 0. The van der Waals surface area contributed by atoms with E-state index in [4.69, 9.17) is 0 Å². The number of hydrogen-bond donors (Lipinski definition) is 5. The van der Waals surface area contributed by atoms with Crippen molar-refractivity contribution in [3.8, 4) is 0 Å². The summed E-state index contributed by atoms with van der Waals surface area (Å²) in [6.45, 7) is 4.88. The van der Waals surface area contributed by atoms with E-state index in [0.717, 1.165) is 5.56 Å². The van der Waals surface area contributed by atoms with E-state index in [1.165, 1.54) is 11.8 Å². The molecule has 0 aromatic heterocycles. The third-order valence-electron chi connectivity index (χ3n) is 6.74. The van der Waals surface area contributed by atoms with E-state index in [1.807, 2.05) is 32.0 Å². The zero-order chi connectivity index (χ0) is 28.5. The van der Waals surface area contributed by atoms with Gasteiger partial charge in [-0.15, -0.1) is 0 Å². The smallest absolute Gasteiger partial charge is 0.243 e. The van der Waals surface area contributed by atoms with E-state index >= 15 is 0 Å². The van der Waals surface area contributed by atoms with Crippen LogP contribution in [-0.4, -0.2) is 84.1 Å². The molecular weight excluding hydrogens is 504 g/mol. The van der Waals surface area contributed by atoms with E-state index in [2.05, 4.69) is 26.6 Å². The maximum atomic E-state index is 13.1. The van der Waals surface area contributed by atoms with E-state index < -0.39 is 66.2 Å². The molecule has 12 heteroatoms. The second kappa shape index (κ2) is 13.7. The highest BCUT2D eigenvalue weighted by atomic mass is 16.2. The highest BCUT2D eigenvalue weighted by Gasteiger charge is 2.36. The molecule has 0 aliphatic carbocycles. The molecule has 0 spiro atoms. The number of rotatable bonds is 4. The first kappa shape index (κ1) is 29.6. The third-order valence-corrected chi connectivity index (χ3v) is 6.74. The van der Waals surface area contributed by atoms with Crippen LogP contribution in [0.2, 0.25) is 0 Å². The van der Waals surface area contributed by atoms with Gasteiger partial charge in [-0.1, -0.05) is 44.2 Å². The van der Waals surface area contributed by atoms with Gasteiger partial charge in [0.25, 0.3) is 0 Å². The first-order valence-corrected chi connectivity index (χ1v) is 13.3. The van der Waals surface area contributed by atoms with Crippen molar-refractivity contribution in [2.75, 3.05) is 19.6 Å². The van der Waals surface area contributed by atoms with Crippen LogP contribution in [0.4, 0.5) is 0 Å². The number of benzene rings is 1. The van der Waals surface area contributed by atoms with Gasteiger partial charge in [-0.25, -0.2) is 0 Å². The molecule has 0 unspecified atom stereocenters. The van der Waals surface area contributed by atoms with E-state index in [0.29, 0.717) is 25.8 Å². The molecule has 2 saturated heterocycles. The van der Waals surface area contributed by atoms with Crippen molar-refractivity contribution in [2.45, 2.75) is 70.6 Å². The third kappa shape index (κ3) is 8.52. The lowest BCUT2D eigenvalue weighted by molar-refractivity contribution is -0.140. The Labute approximate surface area is 228 Å². The molecule has 4 atom stereocenters. The fourth-order valence-corrected chi connectivity index (χ4v) is 4.70. The summed E-state index contributed by atoms with van der Waals surface area (Å²) in [5.74, 6) is -3.12. The van der Waals surface area contributed by atoms with Crippen molar-refractivity contribution in [1.82, 2.24) is 31.5 Å². The predicted octanol–water partition coefficient (Wildman–Crippen LogP) is -1.01. The minimum atomic E-state index is -1.02. The number of fused-ring (bicyclic) bond motifs is 1. The molecule has 5 N–H and O–H groups in total. The number of carbonyl (C=O) groups excluding carboxylic acids is 6. The van der Waals surface area contributed by atoms with Crippen LogP contribution in [0.15, 0.2) is 30.3 Å². The number of hydrogen-bond acceptors (Lipinski definition) is 6. The molecule has 0 radical (unpaired) electrons. The molecule has 0 saturated carbocycles. The van der Waals surface area contributed by atoms with Crippen molar-refractivity contribution in [1.29, 1.82) is 0 Å². The average molecular weight is 543 g/mol. The Hall–Kier alpha value is -3.96. The van der Waals surface area contributed by atoms with Gasteiger partial charge in [0.2, 0.25) is 35.4 Å². The molecule has 12 nitrogen and oxygen atoms in total. The summed E-state index contributed by atoms with van der Waals surface area (Å²) in [7, 11) is 0. The van der Waals surface area contributed by atoms with E-state index in [9.17, 15) is 28.8 Å². The molecular formula is C27H38N6O6. The molecule has 2 aliphatic rings. The number of carbonyl (C=O) groups is 6. The standard InChI is InChI=1S/C27H38N6O6/c1-16(2)12-19-25(37)29-15-23(35)33-11-7-10-21(33)27(39)30-17(3)24(36)32-20(13-18-8-5-4-6-9-18)26(38)28-14-22(34)31-19/h4-6,8-9,16-17,19-21H,7,10-15H2,1-3H3,(H,28,38)(H,29,37)(H,30,39)(H,31,34)(H,32,36)/t17-,19-,20-,21-/m0/s1. The molecule has 1 aromatic rings. The van der Waals surface area contributed by atoms with Crippen molar-refractivity contribution in [3.05, 3.63) is 35.9 Å². The minimum Gasteiger partial charge on any atom is -0.345 e. The van der Waals surface area contributed by atoms with Crippen LogP contribution in [0.3, 0.4) is 0 Å². The summed E-state index contributed by atoms with van der Waals surface area (Å²) in [5, 5.41) is 13.0. The first-order valence-electron chi connectivity index (χ1n) is 13.3. The SMILES string of the molecule is CC(C)C[C@@H]1NC(=O)CNC(=O)[C@H](Cc2ccccc2)NC(=O)[C@H](C)NC(=O)[C@@H]2CCCN2C(=O)CNC1=O. The van der Waals surface area contributed by atoms with Crippen LogP contribution in [0.1, 0.15) is 45.6 Å². The van der Waals surface area contributed by atoms with Crippen LogP contribution in [0.25, 0.3) is 0 Å². The topological polar surface area (TPSA) is 166 Å². The van der Waals surface area contributed by atoms with Crippen molar-refractivity contribution in [2.24, 2.45) is 5.92 Å². The molecule has 39 heavy (non-hydrogen) atoms. The molecule has 0 bridgehead atoms. The molecule has 3 rings (SSSR count). The second-order valence-corrected chi connectivity index (χ2v) is 10.4. The maximum absolute atomic E-state index is 13.1. The molecule has 2 fully saturated rings. The summed E-state index contributed by atoms with van der Waals surface area (Å²) in [6.07, 6.45) is 1.50. The molecule has 212 valence electrons. The van der Waals surface area contributed by atoms with Gasteiger partial charge >= 0.3 is 0 Å². The summed E-state index contributed by atoms with van der Waals surface area (Å²) in [6, 6.07) is 5.35. The number of amides is 6. The Morgan fingerprint density at radius 2 is 1.49 bits per heavy atom. The molecule has 1 aromatic carbocycles. The van der Waals surface area contributed by atoms with Crippen LogP contribution in [-0.2, 0) is 35.2 Å². The Morgan fingerprint density at radius 1 is 0.821 bits per heavy atom. The van der Waals surface area contributed by atoms with Crippen LogP contribution in [0.5, 0.6) is 0 Å². The van der Waals surface area contributed by atoms with E-state index in [-0.39, 0.29) is 18.9 Å². The van der Waals surface area contributed by atoms with Crippen molar-refractivity contribution < 1.29 is 28.8 Å². The quantitative estimate of drug-likeness (QED) is 0.327. The lowest BCUT2D eigenvalue weighted by atomic mass is 10.0. The number of nitrogens with zero attached hydrogens (tertiary/aromatic N) is 1. The van der Waals surface area contributed by atoms with E-state index in [1.54, 1.807) is 12.1 Å². The molecule has 2 aliphatic heterocycles. The molecule has 2 heterocycles. The summed E-state index contributed by atoms with van der Waals surface area (Å²) in [5.41, 5.74) is 0.787. The lowest BCUT2D eigenvalue weighted by Gasteiger charge is -2.27. The first-order chi connectivity index (χ1) is 18.5. The van der Waals surface area contributed by atoms with Gasteiger partial charge in [0.1, 0.15) is 24.2 Å². The minimum absolute atomic E-state index is 0.0586. The maximum Gasteiger partial charge on any atom is 0.243 e. The zero-order valence-corrected chi connectivity index (χ0v) is 22.6. The van der Waals surface area contributed by atoms with Gasteiger partial charge in [0, 0.05) is 13.0 Å². The normalized spacial score (nSPS) is 26.0. The zero-order valence-electron chi connectivity index (χ0n) is 22.6. The van der Waals surface area contributed by atoms with Gasteiger partial charge < -0.3 is 31.5 Å². The Balaban J connectivity index is 1.84.